The van der Waals surface area contributed by atoms with Gasteiger partial charge < -0.3 is 25.3 Å². The van der Waals surface area contributed by atoms with Crippen molar-refractivity contribution in [2.45, 2.75) is 45.9 Å². The first-order valence-electron chi connectivity index (χ1n) is 18.7. The number of aromatic nitrogens is 3. The Labute approximate surface area is 324 Å². The van der Waals surface area contributed by atoms with Gasteiger partial charge in [-0.3, -0.25) is 9.88 Å². The van der Waals surface area contributed by atoms with Gasteiger partial charge in [0.1, 0.15) is 17.1 Å². The number of fused-ring (bicyclic) bond motifs is 2. The van der Waals surface area contributed by atoms with Crippen LogP contribution in [-0.4, -0.2) is 61.8 Å². The molecule has 280 valence electrons. The number of carbonyl (C=O) groups is 1. The SMILES string of the molecule is Cc1c(Nc2nccc3cc(CN4CC[C@@H](O)C4)cnc23)cccc1-c1cccc(-c2nc3cc(CNCCc4ccc(C(=O)O)cc4)cc(C#N)c3o2)c1C. The second-order valence-electron chi connectivity index (χ2n) is 14.4. The smallest absolute Gasteiger partial charge is 0.335 e. The van der Waals surface area contributed by atoms with E-state index in [2.05, 4.69) is 58.6 Å². The lowest BCUT2D eigenvalue weighted by Gasteiger charge is -2.17. The molecule has 4 N–H and O–H groups in total. The van der Waals surface area contributed by atoms with E-state index in [1.54, 1.807) is 18.3 Å². The van der Waals surface area contributed by atoms with E-state index in [1.165, 1.54) is 0 Å². The Morgan fingerprint density at radius 3 is 2.50 bits per heavy atom. The van der Waals surface area contributed by atoms with Crippen molar-refractivity contribution in [2.24, 2.45) is 0 Å². The lowest BCUT2D eigenvalue weighted by Crippen LogP contribution is -2.21. The molecule has 11 heteroatoms. The summed E-state index contributed by atoms with van der Waals surface area (Å²) in [5.74, 6) is 0.188. The molecule has 1 fully saturated rings. The molecule has 0 unspecified atom stereocenters. The standard InChI is InChI=1S/C45H41N7O4/c1-27-36(37-6-4-8-39(28(37)2)50-43-41-33(14-17-48-43)20-31(24-49-41)25-52-18-15-35(53)26-52)5-3-7-38(27)44-51-40-21-30(19-34(22-46)42(40)56-44)23-47-16-13-29-9-11-32(12-10-29)45(54)55/h3-12,14,17,19-21,24,35,47,53H,13,15-16,18,23,25-26H2,1-2H3,(H,48,50)(H,54,55)/t35-/m1/s1. The predicted molar refractivity (Wildman–Crippen MR) is 217 cm³/mol. The molecule has 56 heavy (non-hydrogen) atoms. The molecule has 0 amide bonds. The highest BCUT2D eigenvalue weighted by Crippen LogP contribution is 2.37. The van der Waals surface area contributed by atoms with Crippen molar-refractivity contribution in [3.05, 3.63) is 136 Å². The molecule has 1 aliphatic rings. The van der Waals surface area contributed by atoms with Crippen molar-refractivity contribution >= 4 is 39.5 Å². The molecule has 0 saturated carbocycles. The first-order valence-corrected chi connectivity index (χ1v) is 18.7. The summed E-state index contributed by atoms with van der Waals surface area (Å²) in [6, 6.07) is 29.3. The second kappa shape index (κ2) is 15.7. The molecule has 4 heterocycles. The maximum atomic E-state index is 11.1. The molecule has 1 aliphatic heterocycles. The predicted octanol–water partition coefficient (Wildman–Crippen LogP) is 7.93. The quantitative estimate of drug-likeness (QED) is 0.0900. The molecular formula is C45H41N7O4. The minimum absolute atomic E-state index is 0.256. The van der Waals surface area contributed by atoms with Crippen LogP contribution in [0.15, 0.2) is 102 Å². The van der Waals surface area contributed by atoms with Crippen LogP contribution in [0.25, 0.3) is 44.6 Å². The van der Waals surface area contributed by atoms with E-state index in [0.29, 0.717) is 48.0 Å². The minimum Gasteiger partial charge on any atom is -0.478 e. The number of likely N-dealkylation sites (tertiary alicyclic amines) is 1. The first-order chi connectivity index (χ1) is 27.2. The third kappa shape index (κ3) is 7.59. The highest BCUT2D eigenvalue weighted by atomic mass is 16.4. The van der Waals surface area contributed by atoms with E-state index in [-0.39, 0.29) is 11.7 Å². The Morgan fingerprint density at radius 2 is 1.73 bits per heavy atom. The first kappa shape index (κ1) is 36.5. The van der Waals surface area contributed by atoms with Gasteiger partial charge in [-0.25, -0.2) is 14.8 Å². The fraction of sp³-hybridized carbons (Fsp3) is 0.222. The Balaban J connectivity index is 1.01. The zero-order chi connectivity index (χ0) is 38.8. The van der Waals surface area contributed by atoms with Crippen LogP contribution in [0.5, 0.6) is 0 Å². The number of aromatic carboxylic acids is 1. The molecule has 0 radical (unpaired) electrons. The van der Waals surface area contributed by atoms with Gasteiger partial charge in [-0.1, -0.05) is 36.4 Å². The van der Waals surface area contributed by atoms with Crippen molar-refractivity contribution in [3.8, 4) is 28.7 Å². The van der Waals surface area contributed by atoms with E-state index in [0.717, 1.165) is 87.0 Å². The fourth-order valence-electron chi connectivity index (χ4n) is 7.52. The van der Waals surface area contributed by atoms with E-state index < -0.39 is 5.97 Å². The zero-order valence-electron chi connectivity index (χ0n) is 31.2. The van der Waals surface area contributed by atoms with Gasteiger partial charge in [-0.15, -0.1) is 0 Å². The summed E-state index contributed by atoms with van der Waals surface area (Å²) >= 11 is 0. The van der Waals surface area contributed by atoms with E-state index in [4.69, 9.17) is 19.5 Å². The zero-order valence-corrected chi connectivity index (χ0v) is 31.2. The van der Waals surface area contributed by atoms with Crippen molar-refractivity contribution < 1.29 is 19.4 Å². The number of hydrogen-bond acceptors (Lipinski definition) is 10. The molecule has 7 aromatic rings. The highest BCUT2D eigenvalue weighted by Gasteiger charge is 2.21. The van der Waals surface area contributed by atoms with Gasteiger partial charge in [0, 0.05) is 55.2 Å². The number of nitrogens with one attached hydrogen (secondary N) is 2. The van der Waals surface area contributed by atoms with Gasteiger partial charge in [-0.05, 0) is 121 Å². The summed E-state index contributed by atoms with van der Waals surface area (Å²) in [7, 11) is 0. The molecule has 1 atom stereocenters. The monoisotopic (exact) mass is 743 g/mol. The largest absolute Gasteiger partial charge is 0.478 e. The summed E-state index contributed by atoms with van der Waals surface area (Å²) in [5.41, 5.74) is 11.5. The van der Waals surface area contributed by atoms with Gasteiger partial charge in [-0.2, -0.15) is 5.26 Å². The number of nitriles is 1. The average Bonchev–Trinajstić information content (AvgIpc) is 3.83. The number of benzene rings is 4. The maximum Gasteiger partial charge on any atom is 0.335 e. The number of carboxylic acid groups (broad SMARTS) is 1. The molecule has 11 nitrogen and oxygen atoms in total. The van der Waals surface area contributed by atoms with Crippen molar-refractivity contribution in [2.75, 3.05) is 25.0 Å². The summed E-state index contributed by atoms with van der Waals surface area (Å²) < 4.78 is 6.30. The van der Waals surface area contributed by atoms with E-state index in [9.17, 15) is 15.2 Å². The van der Waals surface area contributed by atoms with Crippen LogP contribution in [0.3, 0.4) is 0 Å². The van der Waals surface area contributed by atoms with Crippen LogP contribution >= 0.6 is 0 Å². The van der Waals surface area contributed by atoms with Gasteiger partial charge >= 0.3 is 5.97 Å². The number of hydrogen-bond donors (Lipinski definition) is 4. The number of aliphatic hydroxyl groups excluding tert-OH is 1. The van der Waals surface area contributed by atoms with Crippen molar-refractivity contribution in [1.29, 1.82) is 5.26 Å². The van der Waals surface area contributed by atoms with Gasteiger partial charge in [0.25, 0.3) is 0 Å². The number of nitrogens with zero attached hydrogens (tertiary/aromatic N) is 5. The normalized spacial score (nSPS) is 14.4. The van der Waals surface area contributed by atoms with Crippen LogP contribution in [-0.2, 0) is 19.5 Å². The van der Waals surface area contributed by atoms with Gasteiger partial charge in [0.2, 0.25) is 5.89 Å². The van der Waals surface area contributed by atoms with Crippen molar-refractivity contribution in [1.82, 2.24) is 25.2 Å². The molecule has 8 rings (SSSR count). The number of carboxylic acids is 1. The van der Waals surface area contributed by atoms with Crippen LogP contribution in [0.4, 0.5) is 11.5 Å². The maximum absolute atomic E-state index is 11.1. The average molecular weight is 744 g/mol. The number of rotatable bonds is 12. The fourth-order valence-corrected chi connectivity index (χ4v) is 7.52. The van der Waals surface area contributed by atoms with E-state index >= 15 is 0 Å². The molecule has 1 saturated heterocycles. The lowest BCUT2D eigenvalue weighted by molar-refractivity contribution is 0.0697. The van der Waals surface area contributed by atoms with Crippen LogP contribution in [0, 0.1) is 25.2 Å². The van der Waals surface area contributed by atoms with Crippen LogP contribution in [0.2, 0.25) is 0 Å². The van der Waals surface area contributed by atoms with Gasteiger partial charge in [0.05, 0.1) is 17.2 Å². The highest BCUT2D eigenvalue weighted by molar-refractivity contribution is 5.91. The molecule has 4 aromatic carbocycles. The molecule has 0 bridgehead atoms. The number of β-amino-alcohol motifs (C(OH)–C–C–N with tert-alkyl or cyclic N) is 1. The van der Waals surface area contributed by atoms with Crippen LogP contribution in [0.1, 0.15) is 50.2 Å². The molecule has 3 aromatic heterocycles. The van der Waals surface area contributed by atoms with Crippen LogP contribution < -0.4 is 10.6 Å². The van der Waals surface area contributed by atoms with Crippen molar-refractivity contribution in [3.63, 3.8) is 0 Å². The minimum atomic E-state index is -0.939. The summed E-state index contributed by atoms with van der Waals surface area (Å²) in [6.07, 6.45) is 4.98. The Morgan fingerprint density at radius 1 is 0.946 bits per heavy atom. The number of pyridine rings is 2. The van der Waals surface area contributed by atoms with Gasteiger partial charge in [0.15, 0.2) is 11.4 Å². The number of anilines is 2. The Hall–Kier alpha value is -6.45. The molecule has 0 aliphatic carbocycles. The Kier molecular flexibility index (Phi) is 10.3. The summed E-state index contributed by atoms with van der Waals surface area (Å²) in [6.45, 7) is 7.70. The third-order valence-electron chi connectivity index (χ3n) is 10.5. The van der Waals surface area contributed by atoms with E-state index in [1.807, 2.05) is 60.8 Å². The number of oxazole rings is 1. The number of aliphatic hydroxyl groups is 1. The second-order valence-corrected chi connectivity index (χ2v) is 14.4. The lowest BCUT2D eigenvalue weighted by atomic mass is 9.93. The third-order valence-corrected chi connectivity index (χ3v) is 10.5. The molecular weight excluding hydrogens is 703 g/mol. The topological polar surface area (TPSA) is 160 Å². The molecule has 0 spiro atoms. The Bertz CT molecular complexity index is 2630. The summed E-state index contributed by atoms with van der Waals surface area (Å²) in [4.78, 5) is 27.7. The summed E-state index contributed by atoms with van der Waals surface area (Å²) in [5, 5.41) is 37.1.